The minimum absolute atomic E-state index is 0.0237. The van der Waals surface area contributed by atoms with E-state index in [0.29, 0.717) is 34.4 Å². The van der Waals surface area contributed by atoms with Gasteiger partial charge in [-0.15, -0.1) is 0 Å². The Morgan fingerprint density at radius 1 is 1.35 bits per heavy atom. The van der Waals surface area contributed by atoms with Crippen molar-refractivity contribution in [2.45, 2.75) is 12.5 Å². The number of anilines is 1. The Kier molecular flexibility index (Phi) is 2.06. The lowest BCUT2D eigenvalue weighted by atomic mass is 9.99. The predicted molar refractivity (Wildman–Crippen MR) is 67.6 cm³/mol. The van der Waals surface area contributed by atoms with E-state index >= 15 is 0 Å². The van der Waals surface area contributed by atoms with Crippen molar-refractivity contribution in [3.8, 4) is 0 Å². The Morgan fingerprint density at radius 2 is 2.18 bits per heavy atom. The van der Waals surface area contributed by atoms with Gasteiger partial charge in [-0.3, -0.25) is 4.79 Å². The van der Waals surface area contributed by atoms with Crippen LogP contribution >= 0.6 is 0 Å². The van der Waals surface area contributed by atoms with E-state index in [1.165, 1.54) is 0 Å². The second-order valence-corrected chi connectivity index (χ2v) is 4.25. The summed E-state index contributed by atoms with van der Waals surface area (Å²) in [5, 5.41) is 0.554. The smallest absolute Gasteiger partial charge is 0.200 e. The molecule has 1 aliphatic carbocycles. The SMILES string of the molecule is Nc1ccc2c(=O)c3c(oc2c1)CC(N)C=C3. The summed E-state index contributed by atoms with van der Waals surface area (Å²) >= 11 is 0. The molecule has 1 aromatic heterocycles. The third-order valence-corrected chi connectivity index (χ3v) is 2.96. The molecule has 3 rings (SSSR count). The minimum Gasteiger partial charge on any atom is -0.460 e. The summed E-state index contributed by atoms with van der Waals surface area (Å²) in [4.78, 5) is 12.2. The zero-order valence-electron chi connectivity index (χ0n) is 9.14. The summed E-state index contributed by atoms with van der Waals surface area (Å²) in [6.07, 6.45) is 4.11. The molecule has 0 bridgehead atoms. The van der Waals surface area contributed by atoms with Crippen molar-refractivity contribution in [2.24, 2.45) is 5.73 Å². The van der Waals surface area contributed by atoms with Crippen molar-refractivity contribution < 1.29 is 4.42 Å². The lowest BCUT2D eigenvalue weighted by Crippen LogP contribution is -2.25. The highest BCUT2D eigenvalue weighted by molar-refractivity contribution is 5.82. The zero-order valence-corrected chi connectivity index (χ0v) is 9.14. The van der Waals surface area contributed by atoms with Crippen LogP contribution in [0.15, 0.2) is 33.5 Å². The first-order valence-corrected chi connectivity index (χ1v) is 5.44. The number of nitrogens with two attached hydrogens (primary N) is 2. The first-order chi connectivity index (χ1) is 8.15. The topological polar surface area (TPSA) is 82.2 Å². The molecule has 1 unspecified atom stereocenters. The van der Waals surface area contributed by atoms with Crippen LogP contribution in [0.4, 0.5) is 5.69 Å². The van der Waals surface area contributed by atoms with Gasteiger partial charge in [0.05, 0.1) is 10.9 Å². The highest BCUT2D eigenvalue weighted by atomic mass is 16.3. The van der Waals surface area contributed by atoms with Crippen LogP contribution in [-0.2, 0) is 6.42 Å². The van der Waals surface area contributed by atoms with Gasteiger partial charge in [0.2, 0.25) is 0 Å². The van der Waals surface area contributed by atoms with Crippen LogP contribution in [0.5, 0.6) is 0 Å². The van der Waals surface area contributed by atoms with Crippen LogP contribution < -0.4 is 16.9 Å². The number of rotatable bonds is 0. The molecule has 1 heterocycles. The van der Waals surface area contributed by atoms with Crippen molar-refractivity contribution in [1.82, 2.24) is 0 Å². The average Bonchev–Trinajstić information content (AvgIpc) is 2.28. The van der Waals surface area contributed by atoms with Gasteiger partial charge >= 0.3 is 0 Å². The molecule has 17 heavy (non-hydrogen) atoms. The average molecular weight is 228 g/mol. The molecule has 1 aliphatic rings. The molecule has 4 nitrogen and oxygen atoms in total. The molecule has 0 spiro atoms. The largest absolute Gasteiger partial charge is 0.460 e. The van der Waals surface area contributed by atoms with Gasteiger partial charge in [0.15, 0.2) is 5.43 Å². The zero-order chi connectivity index (χ0) is 12.0. The highest BCUT2D eigenvalue weighted by Crippen LogP contribution is 2.22. The fourth-order valence-electron chi connectivity index (χ4n) is 2.09. The van der Waals surface area contributed by atoms with E-state index in [9.17, 15) is 4.79 Å². The number of fused-ring (bicyclic) bond motifs is 2. The molecule has 1 atom stereocenters. The van der Waals surface area contributed by atoms with Crippen LogP contribution in [0, 0.1) is 0 Å². The number of nitrogen functional groups attached to an aromatic ring is 1. The van der Waals surface area contributed by atoms with E-state index in [1.54, 1.807) is 24.3 Å². The summed E-state index contributed by atoms with van der Waals surface area (Å²) in [5.41, 5.74) is 13.2. The van der Waals surface area contributed by atoms with Gasteiger partial charge in [-0.25, -0.2) is 0 Å². The van der Waals surface area contributed by atoms with E-state index in [4.69, 9.17) is 15.9 Å². The van der Waals surface area contributed by atoms with E-state index in [0.717, 1.165) is 0 Å². The summed E-state index contributed by atoms with van der Waals surface area (Å²) in [6, 6.07) is 4.97. The summed E-state index contributed by atoms with van der Waals surface area (Å²) in [5.74, 6) is 0.642. The highest BCUT2D eigenvalue weighted by Gasteiger charge is 2.17. The molecule has 2 aromatic rings. The first-order valence-electron chi connectivity index (χ1n) is 5.44. The second-order valence-electron chi connectivity index (χ2n) is 4.25. The fourth-order valence-corrected chi connectivity index (χ4v) is 2.09. The molecule has 0 saturated carbocycles. The summed E-state index contributed by atoms with van der Waals surface area (Å²) in [7, 11) is 0. The van der Waals surface area contributed by atoms with Crippen molar-refractivity contribution >= 4 is 22.7 Å². The molecular weight excluding hydrogens is 216 g/mol. The number of benzene rings is 1. The predicted octanol–water partition coefficient (Wildman–Crippen LogP) is 1.27. The van der Waals surface area contributed by atoms with E-state index in [1.807, 2.05) is 6.08 Å². The molecule has 1 aromatic carbocycles. The lowest BCUT2D eigenvalue weighted by Gasteiger charge is -2.14. The molecule has 0 saturated heterocycles. The standard InChI is InChI=1S/C13H12N2O2/c14-7-1-3-9-11(5-7)17-12-6-8(15)2-4-10(12)13(9)16/h1-5,8H,6,14-15H2. The third-order valence-electron chi connectivity index (χ3n) is 2.96. The maximum absolute atomic E-state index is 12.2. The normalized spacial score (nSPS) is 18.3. The van der Waals surface area contributed by atoms with Crippen LogP contribution in [-0.4, -0.2) is 6.04 Å². The van der Waals surface area contributed by atoms with E-state index in [2.05, 4.69) is 0 Å². The molecule has 0 aliphatic heterocycles. The van der Waals surface area contributed by atoms with Crippen molar-refractivity contribution in [3.63, 3.8) is 0 Å². The Bertz CT molecular complexity index is 686. The Balaban J connectivity index is 2.38. The van der Waals surface area contributed by atoms with Crippen molar-refractivity contribution in [2.75, 3.05) is 5.73 Å². The molecule has 0 amide bonds. The first kappa shape index (κ1) is 10.1. The van der Waals surface area contributed by atoms with Gasteiger partial charge in [0, 0.05) is 24.2 Å². The van der Waals surface area contributed by atoms with E-state index in [-0.39, 0.29) is 11.5 Å². The van der Waals surface area contributed by atoms with E-state index < -0.39 is 0 Å². The van der Waals surface area contributed by atoms with Gasteiger partial charge < -0.3 is 15.9 Å². The number of hydrogen-bond donors (Lipinski definition) is 2. The Hall–Kier alpha value is -2.07. The quantitative estimate of drug-likeness (QED) is 0.665. The third kappa shape index (κ3) is 1.54. The van der Waals surface area contributed by atoms with Crippen LogP contribution in [0.3, 0.4) is 0 Å². The molecule has 86 valence electrons. The summed E-state index contributed by atoms with van der Waals surface area (Å²) < 4.78 is 5.71. The fraction of sp³-hybridized carbons (Fsp3) is 0.154. The number of hydrogen-bond acceptors (Lipinski definition) is 4. The molecule has 4 N–H and O–H groups in total. The summed E-state index contributed by atoms with van der Waals surface area (Å²) in [6.45, 7) is 0. The van der Waals surface area contributed by atoms with Gasteiger partial charge in [-0.05, 0) is 12.1 Å². The molecule has 4 heteroatoms. The molecular formula is C13H12N2O2. The monoisotopic (exact) mass is 228 g/mol. The van der Waals surface area contributed by atoms with Crippen LogP contribution in [0.25, 0.3) is 17.0 Å². The van der Waals surface area contributed by atoms with Gasteiger partial charge in [0.1, 0.15) is 11.3 Å². The van der Waals surface area contributed by atoms with Gasteiger partial charge in [-0.1, -0.05) is 12.2 Å². The maximum Gasteiger partial charge on any atom is 0.200 e. The lowest BCUT2D eigenvalue weighted by molar-refractivity contribution is 0.518. The maximum atomic E-state index is 12.2. The Morgan fingerprint density at radius 3 is 3.00 bits per heavy atom. The molecule has 0 radical (unpaired) electrons. The van der Waals surface area contributed by atoms with Crippen LogP contribution in [0.1, 0.15) is 11.3 Å². The van der Waals surface area contributed by atoms with Crippen LogP contribution in [0.2, 0.25) is 0 Å². The minimum atomic E-state index is -0.0934. The molecule has 0 fully saturated rings. The van der Waals surface area contributed by atoms with Crippen molar-refractivity contribution in [1.29, 1.82) is 0 Å². The Labute approximate surface area is 97.5 Å². The van der Waals surface area contributed by atoms with Gasteiger partial charge in [-0.2, -0.15) is 0 Å². The van der Waals surface area contributed by atoms with Crippen molar-refractivity contribution in [3.05, 3.63) is 45.8 Å². The van der Waals surface area contributed by atoms with Gasteiger partial charge in [0.25, 0.3) is 0 Å². The second kappa shape index (κ2) is 3.46.